The first kappa shape index (κ1) is 8.24. The largest absolute Gasteiger partial charge is 0.299 e. The molecule has 0 radical (unpaired) electrons. The lowest BCUT2D eigenvalue weighted by molar-refractivity contribution is -0.129. The van der Waals surface area contributed by atoms with Crippen LogP contribution in [0.5, 0.6) is 0 Å². The minimum Gasteiger partial charge on any atom is -0.299 e. The van der Waals surface area contributed by atoms with Gasteiger partial charge in [0.1, 0.15) is 11.4 Å². The zero-order valence-corrected chi connectivity index (χ0v) is 7.51. The van der Waals surface area contributed by atoms with Gasteiger partial charge in [0, 0.05) is 6.54 Å². The summed E-state index contributed by atoms with van der Waals surface area (Å²) < 4.78 is 0. The van der Waals surface area contributed by atoms with Crippen LogP contribution in [0.4, 0.5) is 0 Å². The molecule has 1 heterocycles. The van der Waals surface area contributed by atoms with Gasteiger partial charge in [0.2, 0.25) is 0 Å². The predicted octanol–water partition coefficient (Wildman–Crippen LogP) is 1.05. The zero-order valence-electron chi connectivity index (χ0n) is 7.51. The van der Waals surface area contributed by atoms with Gasteiger partial charge < -0.3 is 0 Å². The van der Waals surface area contributed by atoms with E-state index in [1.54, 1.807) is 4.90 Å². The predicted molar refractivity (Wildman–Crippen MR) is 44.6 cm³/mol. The maximum absolute atomic E-state index is 11.5. The van der Waals surface area contributed by atoms with Crippen molar-refractivity contribution in [3.8, 4) is 0 Å². The molecular formula is C8H14N2O. The third-order valence-corrected chi connectivity index (χ3v) is 1.92. The molecular weight excluding hydrogens is 140 g/mol. The number of likely N-dealkylation sites (N-methyl/N-ethyl adjacent to an activating group) is 1. The van der Waals surface area contributed by atoms with Crippen molar-refractivity contribution >= 4 is 11.7 Å². The lowest BCUT2D eigenvalue weighted by Crippen LogP contribution is -2.38. The van der Waals surface area contributed by atoms with E-state index < -0.39 is 5.54 Å². The molecule has 3 heteroatoms. The Labute approximate surface area is 67.1 Å². The van der Waals surface area contributed by atoms with Gasteiger partial charge in [-0.3, -0.25) is 14.7 Å². The summed E-state index contributed by atoms with van der Waals surface area (Å²) in [5, 5.41) is 0. The molecule has 0 N–H and O–H groups in total. The van der Waals surface area contributed by atoms with Crippen molar-refractivity contribution in [2.45, 2.75) is 33.2 Å². The number of carbonyl (C=O) groups excluding carboxylic acids is 1. The highest BCUT2D eigenvalue weighted by atomic mass is 16.2. The summed E-state index contributed by atoms with van der Waals surface area (Å²) in [5.74, 6) is 0.944. The lowest BCUT2D eigenvalue weighted by atomic mass is 10.1. The highest BCUT2D eigenvalue weighted by Crippen LogP contribution is 2.20. The second-order valence-electron chi connectivity index (χ2n) is 3.27. The Bertz CT molecular complexity index is 218. The van der Waals surface area contributed by atoms with Crippen LogP contribution in [0.25, 0.3) is 0 Å². The van der Waals surface area contributed by atoms with E-state index in [-0.39, 0.29) is 5.91 Å². The normalized spacial score (nSPS) is 22.4. The molecule has 1 amide bonds. The Morgan fingerprint density at radius 3 is 2.27 bits per heavy atom. The van der Waals surface area contributed by atoms with E-state index in [4.69, 9.17) is 0 Å². The number of hydrogen-bond acceptors (Lipinski definition) is 2. The highest BCUT2D eigenvalue weighted by molar-refractivity contribution is 6.06. The molecule has 11 heavy (non-hydrogen) atoms. The molecule has 0 bridgehead atoms. The summed E-state index contributed by atoms with van der Waals surface area (Å²) in [5.41, 5.74) is -0.528. The summed E-state index contributed by atoms with van der Waals surface area (Å²) in [6.45, 7) is 8.23. The van der Waals surface area contributed by atoms with E-state index >= 15 is 0 Å². The number of carbonyl (C=O) groups is 1. The topological polar surface area (TPSA) is 32.7 Å². The highest BCUT2D eigenvalue weighted by Gasteiger charge is 2.37. The molecule has 0 atom stereocenters. The number of hydrogen-bond donors (Lipinski definition) is 0. The monoisotopic (exact) mass is 154 g/mol. The van der Waals surface area contributed by atoms with Crippen molar-refractivity contribution in [1.82, 2.24) is 4.90 Å². The molecule has 3 nitrogen and oxygen atoms in total. The quantitative estimate of drug-likeness (QED) is 0.555. The van der Waals surface area contributed by atoms with Crippen molar-refractivity contribution in [1.29, 1.82) is 0 Å². The average molecular weight is 154 g/mol. The van der Waals surface area contributed by atoms with Gasteiger partial charge in [-0.15, -0.1) is 0 Å². The van der Waals surface area contributed by atoms with Gasteiger partial charge in [-0.1, -0.05) is 0 Å². The zero-order chi connectivity index (χ0) is 8.65. The second-order valence-corrected chi connectivity index (χ2v) is 3.27. The van der Waals surface area contributed by atoms with E-state index in [0.717, 1.165) is 12.4 Å². The number of amides is 1. The van der Waals surface area contributed by atoms with E-state index in [1.165, 1.54) is 0 Å². The van der Waals surface area contributed by atoms with E-state index in [2.05, 4.69) is 4.99 Å². The van der Waals surface area contributed by atoms with Gasteiger partial charge >= 0.3 is 0 Å². The fraction of sp³-hybridized carbons (Fsp3) is 0.750. The molecule has 0 aromatic carbocycles. The van der Waals surface area contributed by atoms with Crippen LogP contribution < -0.4 is 0 Å². The first-order chi connectivity index (χ1) is 4.99. The molecule has 0 saturated heterocycles. The van der Waals surface area contributed by atoms with Crippen LogP contribution in [-0.4, -0.2) is 28.7 Å². The number of aliphatic imine (C=N–C) groups is 1. The smallest absolute Gasteiger partial charge is 0.255 e. The van der Waals surface area contributed by atoms with Crippen molar-refractivity contribution in [3.05, 3.63) is 0 Å². The lowest BCUT2D eigenvalue weighted by Gasteiger charge is -2.16. The van der Waals surface area contributed by atoms with E-state index in [0.29, 0.717) is 0 Å². The summed E-state index contributed by atoms with van der Waals surface area (Å²) in [6, 6.07) is 0. The molecule has 0 aromatic heterocycles. The van der Waals surface area contributed by atoms with Crippen LogP contribution in [0.15, 0.2) is 4.99 Å². The second kappa shape index (κ2) is 2.32. The minimum absolute atomic E-state index is 0.109. The average Bonchev–Trinajstić information content (AvgIpc) is 2.04. The van der Waals surface area contributed by atoms with Crippen molar-refractivity contribution in [2.75, 3.05) is 6.54 Å². The number of nitrogens with zero attached hydrogens (tertiary/aromatic N) is 2. The van der Waals surface area contributed by atoms with Gasteiger partial charge in [-0.2, -0.15) is 0 Å². The van der Waals surface area contributed by atoms with E-state index in [9.17, 15) is 4.79 Å². The first-order valence-corrected chi connectivity index (χ1v) is 3.87. The SMILES string of the molecule is CCN1C(=O)C(C)(C)N=C1C. The fourth-order valence-electron chi connectivity index (χ4n) is 1.36. The van der Waals surface area contributed by atoms with Crippen LogP contribution in [-0.2, 0) is 4.79 Å². The summed E-state index contributed by atoms with van der Waals surface area (Å²) in [6.07, 6.45) is 0. The van der Waals surface area contributed by atoms with Crippen molar-refractivity contribution < 1.29 is 4.79 Å². The van der Waals surface area contributed by atoms with Gasteiger partial charge in [-0.25, -0.2) is 0 Å². The van der Waals surface area contributed by atoms with Crippen molar-refractivity contribution in [2.24, 2.45) is 4.99 Å². The molecule has 1 rings (SSSR count). The fourth-order valence-corrected chi connectivity index (χ4v) is 1.36. The van der Waals surface area contributed by atoms with Gasteiger partial charge in [-0.05, 0) is 27.7 Å². The minimum atomic E-state index is -0.528. The first-order valence-electron chi connectivity index (χ1n) is 3.87. The Hall–Kier alpha value is -0.860. The standard InChI is InChI=1S/C8H14N2O/c1-5-10-6(2)9-8(3,4)7(10)11/h5H2,1-4H3. The molecule has 0 fully saturated rings. The maximum atomic E-state index is 11.5. The molecule has 0 saturated carbocycles. The summed E-state index contributed by atoms with van der Waals surface area (Å²) in [7, 11) is 0. The van der Waals surface area contributed by atoms with Crippen molar-refractivity contribution in [3.63, 3.8) is 0 Å². The third kappa shape index (κ3) is 1.15. The van der Waals surface area contributed by atoms with Crippen LogP contribution >= 0.6 is 0 Å². The van der Waals surface area contributed by atoms with Crippen LogP contribution in [0, 0.1) is 0 Å². The van der Waals surface area contributed by atoms with E-state index in [1.807, 2.05) is 27.7 Å². The Morgan fingerprint density at radius 1 is 1.55 bits per heavy atom. The Kier molecular flexibility index (Phi) is 1.74. The van der Waals surface area contributed by atoms with Crippen LogP contribution in [0.3, 0.4) is 0 Å². The molecule has 0 unspecified atom stereocenters. The molecule has 62 valence electrons. The number of rotatable bonds is 1. The summed E-state index contributed by atoms with van der Waals surface area (Å²) >= 11 is 0. The molecule has 0 spiro atoms. The maximum Gasteiger partial charge on any atom is 0.255 e. The molecule has 1 aliphatic rings. The molecule has 0 aliphatic carbocycles. The molecule has 1 aliphatic heterocycles. The van der Waals surface area contributed by atoms with Crippen LogP contribution in [0.1, 0.15) is 27.7 Å². The third-order valence-electron chi connectivity index (χ3n) is 1.92. The van der Waals surface area contributed by atoms with Gasteiger partial charge in [0.15, 0.2) is 0 Å². The van der Waals surface area contributed by atoms with Gasteiger partial charge in [0.25, 0.3) is 5.91 Å². The Balaban J connectivity index is 2.93. The van der Waals surface area contributed by atoms with Gasteiger partial charge in [0.05, 0.1) is 0 Å². The summed E-state index contributed by atoms with van der Waals surface area (Å²) in [4.78, 5) is 17.4. The van der Waals surface area contributed by atoms with Crippen LogP contribution in [0.2, 0.25) is 0 Å². The molecule has 0 aromatic rings. The number of amidine groups is 1. The Morgan fingerprint density at radius 2 is 2.09 bits per heavy atom.